The lowest BCUT2D eigenvalue weighted by molar-refractivity contribution is 0.847. The van der Waals surface area contributed by atoms with Gasteiger partial charge in [0.2, 0.25) is 0 Å². The number of rotatable bonds is 2. The Bertz CT molecular complexity index is 447. The van der Waals surface area contributed by atoms with Crippen molar-refractivity contribution in [2.24, 2.45) is 0 Å². The van der Waals surface area contributed by atoms with Crippen molar-refractivity contribution in [1.82, 2.24) is 14.8 Å². The minimum absolute atomic E-state index is 0.189. The molecule has 0 aliphatic carbocycles. The summed E-state index contributed by atoms with van der Waals surface area (Å²) in [6.45, 7) is 2.01. The second kappa shape index (κ2) is 3.94. The van der Waals surface area contributed by atoms with Crippen molar-refractivity contribution in [1.29, 1.82) is 0 Å². The molecule has 2 rings (SSSR count). The van der Waals surface area contributed by atoms with Gasteiger partial charge in [-0.1, -0.05) is 6.07 Å². The zero-order valence-electron chi connectivity index (χ0n) is 8.33. The van der Waals surface area contributed by atoms with Gasteiger partial charge in [-0.15, -0.1) is 5.10 Å². The van der Waals surface area contributed by atoms with Crippen molar-refractivity contribution in [3.8, 4) is 5.82 Å². The van der Waals surface area contributed by atoms with Crippen molar-refractivity contribution in [3.63, 3.8) is 0 Å². The summed E-state index contributed by atoms with van der Waals surface area (Å²) in [5.74, 6) is 1.24. The van der Waals surface area contributed by atoms with Crippen molar-refractivity contribution >= 4 is 18.4 Å². The zero-order valence-corrected chi connectivity index (χ0v) is 9.22. The van der Waals surface area contributed by atoms with E-state index in [0.717, 1.165) is 11.4 Å². The first-order chi connectivity index (χ1) is 7.16. The fourth-order valence-corrected chi connectivity index (χ4v) is 1.40. The lowest BCUT2D eigenvalue weighted by atomic mass is 10.2. The predicted octanol–water partition coefficient (Wildman–Crippen LogP) is 1.84. The van der Waals surface area contributed by atoms with Gasteiger partial charge in [-0.2, -0.15) is 12.6 Å². The molecule has 2 heterocycles. The Kier molecular flexibility index (Phi) is 2.64. The monoisotopic (exact) mass is 220 g/mol. The smallest absolute Gasteiger partial charge is 0.153 e. The summed E-state index contributed by atoms with van der Waals surface area (Å²) in [6.07, 6.45) is 3.58. The van der Waals surface area contributed by atoms with E-state index >= 15 is 0 Å². The Hall–Kier alpha value is -1.49. The maximum absolute atomic E-state index is 5.52. The molecule has 0 radical (unpaired) electrons. The van der Waals surface area contributed by atoms with Crippen molar-refractivity contribution in [2.75, 3.05) is 5.73 Å². The Labute approximate surface area is 93.5 Å². The highest BCUT2D eigenvalue weighted by molar-refractivity contribution is 7.80. The van der Waals surface area contributed by atoms with Crippen molar-refractivity contribution in [3.05, 3.63) is 36.2 Å². The molecule has 0 amide bonds. The van der Waals surface area contributed by atoms with Gasteiger partial charge in [-0.25, -0.2) is 9.67 Å². The first kappa shape index (κ1) is 10.0. The largest absolute Gasteiger partial charge is 0.382 e. The van der Waals surface area contributed by atoms with E-state index in [1.54, 1.807) is 23.1 Å². The van der Waals surface area contributed by atoms with Crippen LogP contribution in [0.2, 0.25) is 0 Å². The second-order valence-corrected chi connectivity index (χ2v) is 4.09. The van der Waals surface area contributed by atoms with E-state index < -0.39 is 0 Å². The maximum Gasteiger partial charge on any atom is 0.153 e. The van der Waals surface area contributed by atoms with Crippen LogP contribution < -0.4 is 5.73 Å². The lowest BCUT2D eigenvalue weighted by Gasteiger charge is -2.05. The van der Waals surface area contributed by atoms with E-state index in [-0.39, 0.29) is 5.25 Å². The van der Waals surface area contributed by atoms with Gasteiger partial charge >= 0.3 is 0 Å². The van der Waals surface area contributed by atoms with Gasteiger partial charge in [0, 0.05) is 23.7 Å². The highest BCUT2D eigenvalue weighted by Crippen LogP contribution is 2.18. The van der Waals surface area contributed by atoms with E-state index in [1.165, 1.54) is 0 Å². The number of aromatic nitrogens is 3. The Morgan fingerprint density at radius 2 is 2.20 bits per heavy atom. The van der Waals surface area contributed by atoms with Crippen LogP contribution in [0.3, 0.4) is 0 Å². The van der Waals surface area contributed by atoms with Gasteiger partial charge in [0.05, 0.1) is 0 Å². The van der Waals surface area contributed by atoms with E-state index in [0.29, 0.717) is 5.82 Å². The molecular formula is C10H12N4S. The highest BCUT2D eigenvalue weighted by atomic mass is 32.1. The molecule has 2 aromatic rings. The molecule has 1 atom stereocenters. The minimum atomic E-state index is 0.189. The summed E-state index contributed by atoms with van der Waals surface area (Å²) in [5.41, 5.74) is 6.61. The number of nitrogens with zero attached hydrogens (tertiary/aromatic N) is 3. The van der Waals surface area contributed by atoms with E-state index in [2.05, 4.69) is 22.7 Å². The number of hydrogen-bond acceptors (Lipinski definition) is 4. The van der Waals surface area contributed by atoms with Gasteiger partial charge in [-0.05, 0) is 18.6 Å². The summed E-state index contributed by atoms with van der Waals surface area (Å²) in [5, 5.41) is 4.26. The fraction of sp³-hybridized carbons (Fsp3) is 0.200. The molecule has 0 aliphatic heterocycles. The van der Waals surface area contributed by atoms with Gasteiger partial charge in [-0.3, -0.25) is 0 Å². The van der Waals surface area contributed by atoms with Crippen LogP contribution in [0, 0.1) is 0 Å². The lowest BCUT2D eigenvalue weighted by Crippen LogP contribution is -1.99. The third-order valence-electron chi connectivity index (χ3n) is 2.10. The van der Waals surface area contributed by atoms with Crippen LogP contribution in [0.25, 0.3) is 5.82 Å². The molecule has 0 saturated carbocycles. The third-order valence-corrected chi connectivity index (χ3v) is 2.40. The Morgan fingerprint density at radius 3 is 2.67 bits per heavy atom. The molecule has 0 aromatic carbocycles. The predicted molar refractivity (Wildman–Crippen MR) is 63.2 cm³/mol. The number of pyridine rings is 1. The Morgan fingerprint density at radius 1 is 1.40 bits per heavy atom. The van der Waals surface area contributed by atoms with E-state index in [4.69, 9.17) is 5.73 Å². The number of nitrogen functional groups attached to an aromatic ring is 1. The van der Waals surface area contributed by atoms with Crippen LogP contribution in [-0.2, 0) is 0 Å². The topological polar surface area (TPSA) is 56.7 Å². The van der Waals surface area contributed by atoms with E-state index in [1.807, 2.05) is 19.1 Å². The van der Waals surface area contributed by atoms with Gasteiger partial charge in [0.25, 0.3) is 0 Å². The number of anilines is 1. The van der Waals surface area contributed by atoms with Crippen LogP contribution in [0.5, 0.6) is 0 Å². The van der Waals surface area contributed by atoms with Crippen molar-refractivity contribution < 1.29 is 0 Å². The van der Waals surface area contributed by atoms with E-state index in [9.17, 15) is 0 Å². The summed E-state index contributed by atoms with van der Waals surface area (Å²) in [6, 6.07) is 5.61. The molecule has 0 saturated heterocycles. The molecule has 2 aromatic heterocycles. The molecule has 2 N–H and O–H groups in total. The molecule has 15 heavy (non-hydrogen) atoms. The molecule has 0 fully saturated rings. The van der Waals surface area contributed by atoms with Gasteiger partial charge < -0.3 is 5.73 Å². The maximum atomic E-state index is 5.52. The first-order valence-corrected chi connectivity index (χ1v) is 5.14. The summed E-state index contributed by atoms with van der Waals surface area (Å²) < 4.78 is 1.64. The summed E-state index contributed by atoms with van der Waals surface area (Å²) >= 11 is 4.33. The first-order valence-electron chi connectivity index (χ1n) is 4.62. The fourth-order valence-electron chi connectivity index (χ4n) is 1.25. The summed E-state index contributed by atoms with van der Waals surface area (Å²) in [7, 11) is 0. The molecule has 1 unspecified atom stereocenters. The molecule has 5 heteroatoms. The summed E-state index contributed by atoms with van der Waals surface area (Å²) in [4.78, 5) is 4.28. The molecular weight excluding hydrogens is 208 g/mol. The highest BCUT2D eigenvalue weighted by Gasteiger charge is 2.02. The standard InChI is InChI=1S/C10H12N4S/c1-7(15)8-2-3-10(12-6-8)14-5-4-9(11)13-14/h2-7,15H,1H3,(H2,11,13). The number of nitrogens with two attached hydrogens (primary N) is 1. The SMILES string of the molecule is CC(S)c1ccc(-n2ccc(N)n2)nc1. The number of thiol groups is 1. The number of hydrogen-bond donors (Lipinski definition) is 2. The third kappa shape index (κ3) is 2.12. The molecule has 0 aliphatic rings. The van der Waals surface area contributed by atoms with Crippen molar-refractivity contribution in [2.45, 2.75) is 12.2 Å². The van der Waals surface area contributed by atoms with Crippen LogP contribution in [0.4, 0.5) is 5.82 Å². The molecule has 4 nitrogen and oxygen atoms in total. The zero-order chi connectivity index (χ0) is 10.8. The molecule has 0 spiro atoms. The minimum Gasteiger partial charge on any atom is -0.382 e. The quantitative estimate of drug-likeness (QED) is 0.759. The normalized spacial score (nSPS) is 12.7. The van der Waals surface area contributed by atoms with Crippen LogP contribution in [0.15, 0.2) is 30.6 Å². The van der Waals surface area contributed by atoms with Crippen LogP contribution in [-0.4, -0.2) is 14.8 Å². The molecule has 78 valence electrons. The molecule has 0 bridgehead atoms. The van der Waals surface area contributed by atoms with Gasteiger partial charge in [0.15, 0.2) is 5.82 Å². The Balaban J connectivity index is 2.31. The van der Waals surface area contributed by atoms with Crippen LogP contribution >= 0.6 is 12.6 Å². The van der Waals surface area contributed by atoms with Gasteiger partial charge in [0.1, 0.15) is 5.82 Å². The second-order valence-electron chi connectivity index (χ2n) is 3.31. The van der Waals surface area contributed by atoms with Crippen LogP contribution in [0.1, 0.15) is 17.7 Å². The average molecular weight is 220 g/mol. The average Bonchev–Trinajstić information content (AvgIpc) is 2.65.